The first-order valence-corrected chi connectivity index (χ1v) is 2.33. The monoisotopic (exact) mass is 104 g/mol. The molecule has 0 saturated carbocycles. The Morgan fingerprint density at radius 3 is 2.17 bits per heavy atom. The van der Waals surface area contributed by atoms with Crippen LogP contribution in [-0.2, 0) is 4.74 Å². The highest BCUT2D eigenvalue weighted by atomic mass is 32.1. The summed E-state index contributed by atoms with van der Waals surface area (Å²) in [4.78, 5) is 0. The number of hydrogen-bond acceptors (Lipinski definition) is 2. The van der Waals surface area contributed by atoms with Crippen molar-refractivity contribution in [3.05, 3.63) is 0 Å². The smallest absolute Gasteiger partial charge is 0.146 e. The van der Waals surface area contributed by atoms with E-state index in [1.165, 1.54) is 5.55 Å². The van der Waals surface area contributed by atoms with Gasteiger partial charge in [-0.15, -0.1) is 0 Å². The molecule has 36 valence electrons. The molecule has 0 fully saturated rings. The van der Waals surface area contributed by atoms with Crippen molar-refractivity contribution < 1.29 is 4.74 Å². The Balaban J connectivity index is 2.81. The minimum atomic E-state index is 0.238. The molecular weight excluding hydrogens is 96.1 g/mol. The van der Waals surface area contributed by atoms with Crippen LogP contribution >= 0.6 is 12.2 Å². The zero-order valence-electron chi connectivity index (χ0n) is 3.97. The van der Waals surface area contributed by atoms with Gasteiger partial charge in [0.15, 0.2) is 0 Å². The number of ether oxygens (including phenoxy) is 1. The summed E-state index contributed by atoms with van der Waals surface area (Å²) < 4.78 is 4.73. The van der Waals surface area contributed by atoms with E-state index in [1.54, 1.807) is 0 Å². The van der Waals surface area contributed by atoms with E-state index in [-0.39, 0.29) is 6.10 Å². The summed E-state index contributed by atoms with van der Waals surface area (Å²) in [5, 5.41) is 0. The first-order chi connectivity index (χ1) is 2.77. The topological polar surface area (TPSA) is 9.23 Å². The zero-order chi connectivity index (χ0) is 4.99. The molecule has 0 unspecified atom stereocenters. The second-order valence-corrected chi connectivity index (χ2v) is 1.47. The van der Waals surface area contributed by atoms with Gasteiger partial charge in [-0.25, -0.2) is 0 Å². The number of hydrogen-bond donors (Lipinski definition) is 0. The maximum Gasteiger partial charge on any atom is 0.146 e. The summed E-state index contributed by atoms with van der Waals surface area (Å²) in [5.41, 5.74) is 1.28. The van der Waals surface area contributed by atoms with E-state index in [2.05, 4.69) is 12.2 Å². The van der Waals surface area contributed by atoms with Crippen LogP contribution in [0.3, 0.4) is 0 Å². The Morgan fingerprint density at radius 2 is 2.17 bits per heavy atom. The molecule has 0 rings (SSSR count). The molecule has 1 nitrogen and oxygen atoms in total. The van der Waals surface area contributed by atoms with Crippen LogP contribution in [0.1, 0.15) is 13.8 Å². The fourth-order valence-corrected chi connectivity index (χ4v) is 0.333. The van der Waals surface area contributed by atoms with Gasteiger partial charge in [0.2, 0.25) is 0 Å². The molecule has 0 atom stereocenters. The van der Waals surface area contributed by atoms with Crippen molar-refractivity contribution in [1.82, 2.24) is 0 Å². The predicted molar refractivity (Wildman–Crippen MR) is 29.9 cm³/mol. The molecule has 6 heavy (non-hydrogen) atoms. The van der Waals surface area contributed by atoms with Crippen molar-refractivity contribution >= 4 is 17.8 Å². The summed E-state index contributed by atoms with van der Waals surface area (Å²) in [7, 11) is 0. The summed E-state index contributed by atoms with van der Waals surface area (Å²) in [5.74, 6) is 0. The molecule has 0 N–H and O–H groups in total. The van der Waals surface area contributed by atoms with Crippen molar-refractivity contribution in [3.63, 3.8) is 0 Å². The van der Waals surface area contributed by atoms with Gasteiger partial charge in [0, 0.05) is 0 Å². The molecule has 2 heteroatoms. The van der Waals surface area contributed by atoms with Crippen LogP contribution in [0.5, 0.6) is 0 Å². The minimum absolute atomic E-state index is 0.238. The second-order valence-electron chi connectivity index (χ2n) is 1.28. The van der Waals surface area contributed by atoms with Gasteiger partial charge < -0.3 is 4.74 Å². The van der Waals surface area contributed by atoms with E-state index in [1.807, 2.05) is 13.8 Å². The van der Waals surface area contributed by atoms with E-state index >= 15 is 0 Å². The van der Waals surface area contributed by atoms with E-state index < -0.39 is 0 Å². The van der Waals surface area contributed by atoms with Gasteiger partial charge in [-0.2, -0.15) is 0 Å². The molecule has 0 heterocycles. The third kappa shape index (κ3) is 3.89. The minimum Gasteiger partial charge on any atom is -0.487 e. The molecular formula is C4H8OS. The average molecular weight is 104 g/mol. The van der Waals surface area contributed by atoms with Crippen LogP contribution in [0.4, 0.5) is 0 Å². The molecule has 0 aromatic heterocycles. The molecule has 0 amide bonds. The fourth-order valence-electron chi connectivity index (χ4n) is 0.111. The van der Waals surface area contributed by atoms with Crippen LogP contribution in [-0.4, -0.2) is 11.7 Å². The maximum absolute atomic E-state index is 4.73. The highest BCUT2D eigenvalue weighted by Crippen LogP contribution is 1.80. The third-order valence-electron chi connectivity index (χ3n) is 0.328. The summed E-state index contributed by atoms with van der Waals surface area (Å²) in [6.07, 6.45) is 0.238. The third-order valence-corrected chi connectivity index (χ3v) is 0.439. The van der Waals surface area contributed by atoms with Crippen molar-refractivity contribution in [2.24, 2.45) is 0 Å². The highest BCUT2D eigenvalue weighted by Gasteiger charge is 1.81. The lowest BCUT2D eigenvalue weighted by Gasteiger charge is -1.98. The maximum atomic E-state index is 4.73. The second kappa shape index (κ2) is 3.09. The van der Waals surface area contributed by atoms with Crippen LogP contribution in [0.25, 0.3) is 0 Å². The van der Waals surface area contributed by atoms with Gasteiger partial charge in [0.1, 0.15) is 5.55 Å². The largest absolute Gasteiger partial charge is 0.487 e. The Morgan fingerprint density at radius 1 is 1.67 bits per heavy atom. The lowest BCUT2D eigenvalue weighted by molar-refractivity contribution is 0.247. The van der Waals surface area contributed by atoms with E-state index in [4.69, 9.17) is 4.74 Å². The van der Waals surface area contributed by atoms with Crippen LogP contribution in [0, 0.1) is 0 Å². The van der Waals surface area contributed by atoms with Gasteiger partial charge in [-0.3, -0.25) is 0 Å². The fraction of sp³-hybridized carbons (Fsp3) is 0.750. The summed E-state index contributed by atoms with van der Waals surface area (Å²) in [6, 6.07) is 0. The van der Waals surface area contributed by atoms with E-state index in [9.17, 15) is 0 Å². The van der Waals surface area contributed by atoms with Gasteiger partial charge in [0.05, 0.1) is 6.10 Å². The van der Waals surface area contributed by atoms with Crippen LogP contribution in [0.15, 0.2) is 0 Å². The normalized spacial score (nSPS) is 8.50. The van der Waals surface area contributed by atoms with Crippen molar-refractivity contribution in [2.75, 3.05) is 0 Å². The molecule has 0 aliphatic heterocycles. The lowest BCUT2D eigenvalue weighted by atomic mass is 10.5. The highest BCUT2D eigenvalue weighted by molar-refractivity contribution is 7.78. The number of rotatable bonds is 2. The van der Waals surface area contributed by atoms with Crippen molar-refractivity contribution in [3.8, 4) is 0 Å². The Labute approximate surface area is 43.3 Å². The predicted octanol–water partition coefficient (Wildman–Crippen LogP) is 1.37. The van der Waals surface area contributed by atoms with Crippen LogP contribution in [0.2, 0.25) is 0 Å². The van der Waals surface area contributed by atoms with Crippen molar-refractivity contribution in [1.29, 1.82) is 0 Å². The molecule has 0 radical (unpaired) electrons. The van der Waals surface area contributed by atoms with Crippen molar-refractivity contribution in [2.45, 2.75) is 20.0 Å². The molecule has 0 aliphatic rings. The molecule has 0 aromatic rings. The average Bonchev–Trinajstić information content (AvgIpc) is 1.35. The van der Waals surface area contributed by atoms with Crippen LogP contribution < -0.4 is 0 Å². The van der Waals surface area contributed by atoms with Gasteiger partial charge in [-0.1, -0.05) is 0 Å². The molecule has 0 aliphatic carbocycles. The van der Waals surface area contributed by atoms with Gasteiger partial charge in [0.25, 0.3) is 0 Å². The standard InChI is InChI=1S/C4H8OS/c1-4(2)5-3-6/h3-4H,1-2H3. The molecule has 0 spiro atoms. The zero-order valence-corrected chi connectivity index (χ0v) is 4.79. The molecule has 0 aromatic carbocycles. The summed E-state index contributed by atoms with van der Waals surface area (Å²) in [6.45, 7) is 3.87. The van der Waals surface area contributed by atoms with E-state index in [0.717, 1.165) is 0 Å². The first kappa shape index (κ1) is 5.89. The Kier molecular flexibility index (Phi) is 3.04. The number of thiocarbonyl (C=S) groups is 1. The Hall–Kier alpha value is -0.110. The lowest BCUT2D eigenvalue weighted by Crippen LogP contribution is -1.97. The molecule has 0 bridgehead atoms. The Bertz CT molecular complexity index is 42.8. The summed E-state index contributed by atoms with van der Waals surface area (Å²) >= 11 is 4.38. The van der Waals surface area contributed by atoms with Gasteiger partial charge >= 0.3 is 0 Å². The van der Waals surface area contributed by atoms with E-state index in [0.29, 0.717) is 0 Å². The SMILES string of the molecule is CC(C)OC=S. The molecule has 0 saturated heterocycles. The first-order valence-electron chi connectivity index (χ1n) is 1.86. The van der Waals surface area contributed by atoms with Gasteiger partial charge in [-0.05, 0) is 26.1 Å². The quantitative estimate of drug-likeness (QED) is 0.489.